The molecule has 1 atom stereocenters. The molecule has 0 spiro atoms. The van der Waals surface area contributed by atoms with Crippen LogP contribution in [0.15, 0.2) is 67.0 Å². The topological polar surface area (TPSA) is 109 Å². The molecule has 0 unspecified atom stereocenters. The van der Waals surface area contributed by atoms with Crippen molar-refractivity contribution in [2.45, 2.75) is 57.5 Å². The van der Waals surface area contributed by atoms with Crippen molar-refractivity contribution in [3.05, 3.63) is 105 Å². The molecule has 5 aromatic rings. The van der Waals surface area contributed by atoms with E-state index in [1.807, 2.05) is 41.1 Å². The zero-order valence-corrected chi connectivity index (χ0v) is 27.4. The quantitative estimate of drug-likeness (QED) is 0.170. The van der Waals surface area contributed by atoms with Crippen molar-refractivity contribution >= 4 is 51.2 Å². The van der Waals surface area contributed by atoms with Gasteiger partial charge >= 0.3 is 0 Å². The lowest BCUT2D eigenvalue weighted by Crippen LogP contribution is -2.46. The van der Waals surface area contributed by atoms with Crippen LogP contribution in [0.25, 0.3) is 10.9 Å². The summed E-state index contributed by atoms with van der Waals surface area (Å²) in [7, 11) is 0. The number of anilines is 3. The van der Waals surface area contributed by atoms with E-state index in [2.05, 4.69) is 58.6 Å². The second-order valence-corrected chi connectivity index (χ2v) is 13.6. The number of halogens is 3. The number of nitriles is 1. The van der Waals surface area contributed by atoms with Crippen LogP contribution in [0.2, 0.25) is 10.0 Å². The van der Waals surface area contributed by atoms with Gasteiger partial charge in [0.2, 0.25) is 0 Å². The first-order valence-electron chi connectivity index (χ1n) is 15.3. The highest BCUT2D eigenvalue weighted by atomic mass is 35.5. The summed E-state index contributed by atoms with van der Waals surface area (Å²) in [5.41, 5.74) is 11.7. The van der Waals surface area contributed by atoms with E-state index in [1.54, 1.807) is 6.07 Å². The first-order valence-corrected chi connectivity index (χ1v) is 16.0. The highest BCUT2D eigenvalue weighted by molar-refractivity contribution is 6.35. The maximum atomic E-state index is 13.9. The van der Waals surface area contributed by atoms with Crippen LogP contribution in [0.1, 0.15) is 68.0 Å². The lowest BCUT2D eigenvalue weighted by Gasteiger charge is -2.40. The van der Waals surface area contributed by atoms with Gasteiger partial charge in [-0.3, -0.25) is 9.88 Å². The number of benzene rings is 3. The Morgan fingerprint density at radius 2 is 1.87 bits per heavy atom. The van der Waals surface area contributed by atoms with E-state index in [0.717, 1.165) is 42.8 Å². The molecule has 6 rings (SSSR count). The number of nitrogens with two attached hydrogens (primary N) is 1. The highest BCUT2D eigenvalue weighted by Crippen LogP contribution is 2.37. The van der Waals surface area contributed by atoms with Crippen molar-refractivity contribution in [1.29, 1.82) is 5.26 Å². The summed E-state index contributed by atoms with van der Waals surface area (Å²) in [4.78, 5) is 7.00. The Balaban J connectivity index is 1.36. The summed E-state index contributed by atoms with van der Waals surface area (Å²) in [6, 6.07) is 18.5. The molecule has 0 saturated carbocycles. The van der Waals surface area contributed by atoms with E-state index in [4.69, 9.17) is 28.9 Å². The second-order valence-electron chi connectivity index (χ2n) is 12.8. The predicted molar refractivity (Wildman–Crippen MR) is 182 cm³/mol. The zero-order valence-electron chi connectivity index (χ0n) is 25.9. The number of nitrogens with one attached hydrogen (secondary N) is 1. The molecule has 1 aliphatic rings. The molecule has 0 radical (unpaired) electrons. The summed E-state index contributed by atoms with van der Waals surface area (Å²) in [6.07, 6.45) is 6.09. The lowest BCUT2D eigenvalue weighted by molar-refractivity contribution is 0.0866. The van der Waals surface area contributed by atoms with Gasteiger partial charge in [-0.05, 0) is 93.6 Å². The van der Waals surface area contributed by atoms with Crippen molar-refractivity contribution in [2.75, 3.05) is 24.1 Å². The number of pyridine rings is 1. The molecular weight excluding hydrogens is 622 g/mol. The molecule has 46 heavy (non-hydrogen) atoms. The summed E-state index contributed by atoms with van der Waals surface area (Å²) in [5.74, 6) is -0.697. The fourth-order valence-corrected chi connectivity index (χ4v) is 6.68. The van der Waals surface area contributed by atoms with Crippen LogP contribution in [0.3, 0.4) is 0 Å². The molecule has 0 bridgehead atoms. The molecule has 1 fully saturated rings. The van der Waals surface area contributed by atoms with Gasteiger partial charge in [0.05, 0.1) is 38.5 Å². The molecular formula is C35H35Cl2FN8. The van der Waals surface area contributed by atoms with Crippen LogP contribution in [0.4, 0.5) is 21.5 Å². The van der Waals surface area contributed by atoms with Gasteiger partial charge < -0.3 is 11.1 Å². The van der Waals surface area contributed by atoms with Crippen LogP contribution in [0, 0.1) is 17.1 Å². The molecule has 3 N–H and O–H groups in total. The van der Waals surface area contributed by atoms with Gasteiger partial charge in [-0.2, -0.15) is 5.26 Å². The summed E-state index contributed by atoms with van der Waals surface area (Å²) in [5, 5.41) is 23.5. The average molecular weight is 658 g/mol. The van der Waals surface area contributed by atoms with Gasteiger partial charge in [0.15, 0.2) is 0 Å². The number of hydrogen-bond acceptors (Lipinski definition) is 7. The average Bonchev–Trinajstić information content (AvgIpc) is 3.52. The lowest BCUT2D eigenvalue weighted by atomic mass is 9.88. The molecule has 0 aliphatic carbocycles. The number of hydrogen-bond donors (Lipinski definition) is 2. The number of likely N-dealkylation sites (tertiary alicyclic amines) is 1. The fourth-order valence-electron chi connectivity index (χ4n) is 6.21. The third-order valence-corrected chi connectivity index (χ3v) is 9.30. The maximum absolute atomic E-state index is 13.9. The molecule has 0 amide bonds. The Morgan fingerprint density at radius 3 is 2.57 bits per heavy atom. The van der Waals surface area contributed by atoms with E-state index in [0.29, 0.717) is 45.0 Å². The monoisotopic (exact) mass is 656 g/mol. The Hall–Kier alpha value is -4.23. The van der Waals surface area contributed by atoms with E-state index in [-0.39, 0.29) is 22.5 Å². The number of fused-ring (bicyclic) bond motifs is 1. The molecule has 3 heterocycles. The Bertz CT molecular complexity index is 1940. The van der Waals surface area contributed by atoms with Crippen molar-refractivity contribution in [3.63, 3.8) is 0 Å². The molecule has 236 valence electrons. The van der Waals surface area contributed by atoms with Crippen LogP contribution in [0.5, 0.6) is 0 Å². The minimum atomic E-state index is -0.530. The number of nitrogens with zero attached hydrogens (tertiary/aromatic N) is 6. The minimum Gasteiger partial charge on any atom is -0.399 e. The third-order valence-electron chi connectivity index (χ3n) is 8.72. The van der Waals surface area contributed by atoms with Crippen LogP contribution < -0.4 is 11.1 Å². The second kappa shape index (κ2) is 12.9. The van der Waals surface area contributed by atoms with Crippen molar-refractivity contribution < 1.29 is 4.39 Å². The number of rotatable bonds is 7. The minimum absolute atomic E-state index is 0.0293. The van der Waals surface area contributed by atoms with Crippen molar-refractivity contribution in [1.82, 2.24) is 24.9 Å². The van der Waals surface area contributed by atoms with Gasteiger partial charge in [0.1, 0.15) is 11.9 Å². The summed E-state index contributed by atoms with van der Waals surface area (Å²) in [6.45, 7) is 8.79. The summed E-state index contributed by atoms with van der Waals surface area (Å²) < 4.78 is 15.9. The van der Waals surface area contributed by atoms with E-state index >= 15 is 0 Å². The van der Waals surface area contributed by atoms with Gasteiger partial charge in [-0.15, -0.1) is 5.10 Å². The van der Waals surface area contributed by atoms with Gasteiger partial charge in [0, 0.05) is 53.7 Å². The molecule has 11 heteroatoms. The molecule has 1 saturated heterocycles. The van der Waals surface area contributed by atoms with E-state index < -0.39 is 5.82 Å². The van der Waals surface area contributed by atoms with Crippen LogP contribution in [-0.2, 0) is 6.42 Å². The molecule has 3 aromatic carbocycles. The normalized spacial score (nSPS) is 15.2. The van der Waals surface area contributed by atoms with Crippen molar-refractivity contribution in [2.24, 2.45) is 0 Å². The Labute approximate surface area is 277 Å². The highest BCUT2D eigenvalue weighted by Gasteiger charge is 2.29. The Kier molecular flexibility index (Phi) is 8.88. The van der Waals surface area contributed by atoms with E-state index in [1.165, 1.54) is 18.3 Å². The first-order chi connectivity index (χ1) is 22.0. The smallest absolute Gasteiger partial charge is 0.141 e. The fraction of sp³-hybridized carbons (Fsp3) is 0.314. The Morgan fingerprint density at radius 1 is 1.09 bits per heavy atom. The number of aromatic nitrogens is 4. The number of piperidine rings is 1. The molecule has 2 aromatic heterocycles. The van der Waals surface area contributed by atoms with Gasteiger partial charge in [-0.25, -0.2) is 9.07 Å². The molecule has 8 nitrogen and oxygen atoms in total. The predicted octanol–water partition coefficient (Wildman–Crippen LogP) is 8.28. The summed E-state index contributed by atoms with van der Waals surface area (Å²) >= 11 is 12.9. The van der Waals surface area contributed by atoms with Crippen LogP contribution in [-0.4, -0.2) is 43.5 Å². The largest absolute Gasteiger partial charge is 0.399 e. The van der Waals surface area contributed by atoms with Crippen molar-refractivity contribution in [3.8, 4) is 6.07 Å². The number of nitrogen functional groups attached to an aromatic ring is 1. The molecule has 1 aliphatic heterocycles. The standard InChI is InChI=1S/C35H35Cl2FN8/c1-35(2,3)45-11-9-26(10-12-45)46-20-32(43-44-46)27(22-5-4-6-24(40)16-22)13-21-14-28-33(42-25-7-8-31(38)29(36)17-25)23(18-39)19-41-34(28)30(37)15-21/h4-8,14-17,19-20,26-27H,9-13,40H2,1-3H3,(H,41,42)/t27-/m0/s1. The maximum Gasteiger partial charge on any atom is 0.141 e. The SMILES string of the molecule is CC(C)(C)N1CCC(n2cc([C@@H](Cc3cc(Cl)c4ncc(C#N)c(Nc5ccc(F)c(Cl)c5)c4c3)c3cccc(N)c3)nn2)CC1. The van der Waals surface area contributed by atoms with Gasteiger partial charge in [0.25, 0.3) is 0 Å². The zero-order chi connectivity index (χ0) is 32.6. The third kappa shape index (κ3) is 6.66. The van der Waals surface area contributed by atoms with Crippen LogP contribution >= 0.6 is 23.2 Å². The van der Waals surface area contributed by atoms with E-state index in [9.17, 15) is 9.65 Å². The van der Waals surface area contributed by atoms with Gasteiger partial charge in [-0.1, -0.05) is 40.5 Å². The first kappa shape index (κ1) is 31.7.